The second-order valence-corrected chi connectivity index (χ2v) is 7.54. The van der Waals surface area contributed by atoms with Gasteiger partial charge in [0.15, 0.2) is 0 Å². The van der Waals surface area contributed by atoms with E-state index in [1.807, 2.05) is 6.92 Å². The molecule has 128 valence electrons. The molecule has 0 aliphatic carbocycles. The van der Waals surface area contributed by atoms with Crippen molar-refractivity contribution in [3.05, 3.63) is 47.5 Å². The largest absolute Gasteiger partial charge is 0.341 e. The van der Waals surface area contributed by atoms with Crippen molar-refractivity contribution in [1.29, 1.82) is 0 Å². The number of hydrogen-bond donors (Lipinski definition) is 1. The van der Waals surface area contributed by atoms with Gasteiger partial charge in [-0.2, -0.15) is 0 Å². The minimum atomic E-state index is -3.79. The van der Waals surface area contributed by atoms with Gasteiger partial charge in [0.1, 0.15) is 5.82 Å². The van der Waals surface area contributed by atoms with E-state index in [0.717, 1.165) is 37.7 Å². The van der Waals surface area contributed by atoms with Gasteiger partial charge >= 0.3 is 0 Å². The van der Waals surface area contributed by atoms with Crippen molar-refractivity contribution >= 4 is 16.0 Å². The van der Waals surface area contributed by atoms with Crippen molar-refractivity contribution in [2.75, 3.05) is 18.0 Å². The van der Waals surface area contributed by atoms with Crippen LogP contribution in [0.25, 0.3) is 0 Å². The zero-order valence-electron chi connectivity index (χ0n) is 13.4. The number of halogens is 1. The van der Waals surface area contributed by atoms with E-state index in [1.165, 1.54) is 18.2 Å². The molecule has 8 heteroatoms. The number of benzene rings is 1. The minimum absolute atomic E-state index is 0.0308. The Balaban J connectivity index is 1.76. The van der Waals surface area contributed by atoms with Crippen LogP contribution in [0.15, 0.2) is 35.2 Å². The molecule has 0 radical (unpaired) electrons. The summed E-state index contributed by atoms with van der Waals surface area (Å²) in [5.41, 5.74) is 1.37. The molecule has 0 spiro atoms. The topological polar surface area (TPSA) is 75.2 Å². The van der Waals surface area contributed by atoms with Crippen LogP contribution in [0.4, 0.5) is 10.3 Å². The van der Waals surface area contributed by atoms with Crippen molar-refractivity contribution in [2.45, 2.75) is 31.2 Å². The number of aromatic nitrogens is 2. The number of anilines is 1. The Bertz CT molecular complexity index is 836. The molecule has 1 aliphatic rings. The fourth-order valence-electron chi connectivity index (χ4n) is 2.65. The molecular formula is C16H19FN4O2S. The highest BCUT2D eigenvalue weighted by Crippen LogP contribution is 2.17. The molecule has 24 heavy (non-hydrogen) atoms. The summed E-state index contributed by atoms with van der Waals surface area (Å²) in [6.07, 6.45) is 2.22. The second-order valence-electron chi connectivity index (χ2n) is 5.78. The highest BCUT2D eigenvalue weighted by Gasteiger charge is 2.18. The van der Waals surface area contributed by atoms with Crippen LogP contribution in [0.1, 0.15) is 24.2 Å². The monoisotopic (exact) mass is 350 g/mol. The third-order valence-corrected chi connectivity index (χ3v) is 5.23. The molecule has 1 saturated heterocycles. The highest BCUT2D eigenvalue weighted by molar-refractivity contribution is 7.89. The number of rotatable bonds is 5. The molecule has 0 unspecified atom stereocenters. The quantitative estimate of drug-likeness (QED) is 0.893. The fraction of sp³-hybridized carbons (Fsp3) is 0.375. The predicted molar refractivity (Wildman–Crippen MR) is 88.6 cm³/mol. The van der Waals surface area contributed by atoms with E-state index < -0.39 is 15.8 Å². The van der Waals surface area contributed by atoms with Gasteiger partial charge in [0.25, 0.3) is 0 Å². The van der Waals surface area contributed by atoms with Gasteiger partial charge in [-0.1, -0.05) is 6.07 Å². The molecule has 6 nitrogen and oxygen atoms in total. The molecule has 1 N–H and O–H groups in total. The summed E-state index contributed by atoms with van der Waals surface area (Å²) in [5.74, 6) is 0.0412. The Kier molecular flexibility index (Phi) is 4.77. The number of aryl methyl sites for hydroxylation is 1. The maximum atomic E-state index is 13.2. The molecule has 2 aromatic rings. The molecule has 0 atom stereocenters. The van der Waals surface area contributed by atoms with Crippen LogP contribution in [-0.2, 0) is 16.6 Å². The lowest BCUT2D eigenvalue weighted by Gasteiger charge is -2.16. The Morgan fingerprint density at radius 3 is 2.67 bits per heavy atom. The van der Waals surface area contributed by atoms with Gasteiger partial charge < -0.3 is 4.90 Å². The molecule has 0 saturated carbocycles. The summed E-state index contributed by atoms with van der Waals surface area (Å²) < 4.78 is 40.2. The van der Waals surface area contributed by atoms with E-state index in [2.05, 4.69) is 19.6 Å². The first-order valence-electron chi connectivity index (χ1n) is 7.79. The third-order valence-electron chi connectivity index (χ3n) is 3.83. The molecular weight excluding hydrogens is 331 g/mol. The lowest BCUT2D eigenvalue weighted by atomic mass is 10.3. The Hall–Kier alpha value is -2.06. The zero-order valence-corrected chi connectivity index (χ0v) is 14.2. The summed E-state index contributed by atoms with van der Waals surface area (Å²) in [6.45, 7) is 3.71. The van der Waals surface area contributed by atoms with E-state index >= 15 is 0 Å². The number of nitrogens with one attached hydrogen (secondary N) is 1. The van der Waals surface area contributed by atoms with Crippen LogP contribution in [0, 0.1) is 12.7 Å². The van der Waals surface area contributed by atoms with E-state index in [9.17, 15) is 12.8 Å². The van der Waals surface area contributed by atoms with E-state index in [1.54, 1.807) is 6.07 Å². The first-order chi connectivity index (χ1) is 11.4. The molecule has 3 rings (SSSR count). The molecule has 1 aliphatic heterocycles. The smallest absolute Gasteiger partial charge is 0.241 e. The highest BCUT2D eigenvalue weighted by atomic mass is 32.2. The van der Waals surface area contributed by atoms with Crippen molar-refractivity contribution in [3.8, 4) is 0 Å². The van der Waals surface area contributed by atoms with E-state index in [-0.39, 0.29) is 11.4 Å². The lowest BCUT2D eigenvalue weighted by molar-refractivity contribution is 0.576. The van der Waals surface area contributed by atoms with E-state index in [0.29, 0.717) is 11.6 Å². The van der Waals surface area contributed by atoms with Crippen LogP contribution in [-0.4, -0.2) is 31.5 Å². The molecule has 0 bridgehead atoms. The van der Waals surface area contributed by atoms with Gasteiger partial charge in [0.2, 0.25) is 16.0 Å². The van der Waals surface area contributed by atoms with Gasteiger partial charge in [-0.3, -0.25) is 0 Å². The summed E-state index contributed by atoms with van der Waals surface area (Å²) in [7, 11) is -3.79. The van der Waals surface area contributed by atoms with Crippen molar-refractivity contribution in [1.82, 2.24) is 14.7 Å². The third kappa shape index (κ3) is 3.88. The minimum Gasteiger partial charge on any atom is -0.341 e. The van der Waals surface area contributed by atoms with Crippen LogP contribution in [0.5, 0.6) is 0 Å². The summed E-state index contributed by atoms with van der Waals surface area (Å²) in [6, 6.07) is 6.66. The van der Waals surface area contributed by atoms with Crippen molar-refractivity contribution in [2.24, 2.45) is 0 Å². The predicted octanol–water partition coefficient (Wildman–Crippen LogP) is 2.00. The van der Waals surface area contributed by atoms with Crippen LogP contribution in [0.2, 0.25) is 0 Å². The first kappa shape index (κ1) is 16.8. The molecule has 1 fully saturated rings. The molecule has 1 aromatic carbocycles. The molecule has 1 aromatic heterocycles. The van der Waals surface area contributed by atoms with Gasteiger partial charge in [0, 0.05) is 18.8 Å². The van der Waals surface area contributed by atoms with Gasteiger partial charge in [-0.25, -0.2) is 27.5 Å². The van der Waals surface area contributed by atoms with Gasteiger partial charge in [0.05, 0.1) is 17.1 Å². The summed E-state index contributed by atoms with van der Waals surface area (Å²) in [4.78, 5) is 10.9. The normalized spacial score (nSPS) is 15.0. The van der Waals surface area contributed by atoms with Gasteiger partial charge in [-0.05, 0) is 44.0 Å². The Morgan fingerprint density at radius 2 is 1.96 bits per heavy atom. The maximum absolute atomic E-state index is 13.2. The van der Waals surface area contributed by atoms with Crippen LogP contribution in [0.3, 0.4) is 0 Å². The number of nitrogens with zero attached hydrogens (tertiary/aromatic N) is 3. The molecule has 2 heterocycles. The van der Waals surface area contributed by atoms with Crippen LogP contribution >= 0.6 is 0 Å². The SMILES string of the molecule is Cc1cc(CNS(=O)(=O)c2cccc(F)c2)nc(N2CCCC2)n1. The van der Waals surface area contributed by atoms with Gasteiger partial charge in [-0.15, -0.1) is 0 Å². The Labute approximate surface area is 140 Å². The zero-order chi connectivity index (χ0) is 17.2. The standard InChI is InChI=1S/C16H19FN4O2S/c1-12-9-14(20-16(19-12)21-7-2-3-8-21)11-18-24(22,23)15-6-4-5-13(17)10-15/h4-6,9-10,18H,2-3,7-8,11H2,1H3. The summed E-state index contributed by atoms with van der Waals surface area (Å²) in [5, 5.41) is 0. The van der Waals surface area contributed by atoms with E-state index in [4.69, 9.17) is 0 Å². The van der Waals surface area contributed by atoms with Crippen LogP contribution < -0.4 is 9.62 Å². The Morgan fingerprint density at radius 1 is 1.21 bits per heavy atom. The lowest BCUT2D eigenvalue weighted by Crippen LogP contribution is -2.25. The number of sulfonamides is 1. The average Bonchev–Trinajstić information content (AvgIpc) is 3.07. The van der Waals surface area contributed by atoms with Crippen molar-refractivity contribution in [3.63, 3.8) is 0 Å². The summed E-state index contributed by atoms with van der Waals surface area (Å²) >= 11 is 0. The second kappa shape index (κ2) is 6.82. The average molecular weight is 350 g/mol. The van der Waals surface area contributed by atoms with Crippen molar-refractivity contribution < 1.29 is 12.8 Å². The molecule has 0 amide bonds. The number of hydrogen-bond acceptors (Lipinski definition) is 5. The maximum Gasteiger partial charge on any atom is 0.241 e. The fourth-order valence-corrected chi connectivity index (χ4v) is 3.68. The first-order valence-corrected chi connectivity index (χ1v) is 9.27.